The van der Waals surface area contributed by atoms with Gasteiger partial charge in [-0.1, -0.05) is 18.6 Å². The molecule has 0 radical (unpaired) electrons. The van der Waals surface area contributed by atoms with Crippen LogP contribution in [0.3, 0.4) is 0 Å². The van der Waals surface area contributed by atoms with Crippen LogP contribution >= 0.6 is 0 Å². The number of fused-ring (bicyclic) bond motifs is 1. The lowest BCUT2D eigenvalue weighted by Gasteiger charge is -2.24. The quantitative estimate of drug-likeness (QED) is 0.767. The molecule has 2 aliphatic rings. The lowest BCUT2D eigenvalue weighted by atomic mass is 10.0. The van der Waals surface area contributed by atoms with E-state index in [1.54, 1.807) is 6.07 Å². The van der Waals surface area contributed by atoms with Gasteiger partial charge in [0.05, 0.1) is 0 Å². The van der Waals surface area contributed by atoms with Gasteiger partial charge < -0.3 is 15.5 Å². The molecule has 1 aromatic carbocycles. The molecule has 0 saturated heterocycles. The lowest BCUT2D eigenvalue weighted by molar-refractivity contribution is 0.199. The van der Waals surface area contributed by atoms with Crippen molar-refractivity contribution in [1.29, 1.82) is 0 Å². The van der Waals surface area contributed by atoms with Crippen molar-refractivity contribution in [3.63, 3.8) is 0 Å². The third-order valence-electron chi connectivity index (χ3n) is 4.55. The fraction of sp³-hybridized carbons (Fsp3) is 0.600. The maximum atomic E-state index is 9.84. The van der Waals surface area contributed by atoms with Gasteiger partial charge in [0, 0.05) is 18.7 Å². The standard InChI is InChI=1S/C15H21NO2/c17-9-10-3-1-5-13(10)16-14-8-7-12-11(14)4-2-6-15(12)18/h2,4,6,10,13-14,16-18H,1,3,5,7-9H2. The van der Waals surface area contributed by atoms with Gasteiger partial charge in [-0.15, -0.1) is 0 Å². The summed E-state index contributed by atoms with van der Waals surface area (Å²) in [4.78, 5) is 0. The van der Waals surface area contributed by atoms with Crippen molar-refractivity contribution in [1.82, 2.24) is 5.32 Å². The number of nitrogens with one attached hydrogen (secondary N) is 1. The van der Waals surface area contributed by atoms with Gasteiger partial charge in [0.25, 0.3) is 0 Å². The second-order valence-electron chi connectivity index (χ2n) is 5.58. The van der Waals surface area contributed by atoms with E-state index in [4.69, 9.17) is 0 Å². The number of aliphatic hydroxyl groups excluding tert-OH is 1. The normalized spacial score (nSPS) is 30.6. The molecule has 0 bridgehead atoms. The summed E-state index contributed by atoms with van der Waals surface area (Å²) in [5, 5.41) is 22.9. The number of aromatic hydroxyl groups is 1. The number of hydrogen-bond acceptors (Lipinski definition) is 3. The lowest BCUT2D eigenvalue weighted by Crippen LogP contribution is -2.36. The molecule has 3 N–H and O–H groups in total. The smallest absolute Gasteiger partial charge is 0.119 e. The van der Waals surface area contributed by atoms with Crippen LogP contribution in [0.1, 0.15) is 42.9 Å². The zero-order chi connectivity index (χ0) is 12.5. The highest BCUT2D eigenvalue weighted by Crippen LogP contribution is 2.38. The predicted octanol–water partition coefficient (Wildman–Crippen LogP) is 2.13. The SMILES string of the molecule is OCC1CCCC1NC1CCc2c(O)cccc21. The number of rotatable bonds is 3. The van der Waals surface area contributed by atoms with Crippen molar-refractivity contribution in [2.24, 2.45) is 5.92 Å². The largest absolute Gasteiger partial charge is 0.508 e. The fourth-order valence-electron chi connectivity index (χ4n) is 3.54. The van der Waals surface area contributed by atoms with E-state index >= 15 is 0 Å². The summed E-state index contributed by atoms with van der Waals surface area (Å²) in [5.41, 5.74) is 2.35. The van der Waals surface area contributed by atoms with Crippen molar-refractivity contribution in [3.05, 3.63) is 29.3 Å². The molecule has 1 saturated carbocycles. The minimum Gasteiger partial charge on any atom is -0.508 e. The number of aliphatic hydroxyl groups is 1. The molecule has 3 rings (SSSR count). The van der Waals surface area contributed by atoms with Crippen LogP contribution in [0.4, 0.5) is 0 Å². The average molecular weight is 247 g/mol. The Morgan fingerprint density at radius 1 is 1.22 bits per heavy atom. The molecule has 1 aromatic rings. The topological polar surface area (TPSA) is 52.5 Å². The number of phenols is 1. The molecule has 3 unspecified atom stereocenters. The molecule has 98 valence electrons. The van der Waals surface area contributed by atoms with Crippen LogP contribution in [0.25, 0.3) is 0 Å². The third kappa shape index (κ3) is 2.02. The molecule has 0 amide bonds. The van der Waals surface area contributed by atoms with Gasteiger partial charge in [-0.25, -0.2) is 0 Å². The Morgan fingerprint density at radius 3 is 2.94 bits per heavy atom. The number of hydrogen-bond donors (Lipinski definition) is 3. The Morgan fingerprint density at radius 2 is 2.11 bits per heavy atom. The van der Waals surface area contributed by atoms with Crippen LogP contribution in [0, 0.1) is 5.92 Å². The molecule has 0 spiro atoms. The summed E-state index contributed by atoms with van der Waals surface area (Å²) >= 11 is 0. The molecule has 3 nitrogen and oxygen atoms in total. The van der Waals surface area contributed by atoms with Crippen molar-refractivity contribution >= 4 is 0 Å². The zero-order valence-electron chi connectivity index (χ0n) is 10.6. The average Bonchev–Trinajstić information content (AvgIpc) is 2.98. The molecule has 18 heavy (non-hydrogen) atoms. The molecule has 0 heterocycles. The highest BCUT2D eigenvalue weighted by atomic mass is 16.3. The molecule has 1 fully saturated rings. The van der Waals surface area contributed by atoms with Gasteiger partial charge in [-0.2, -0.15) is 0 Å². The van der Waals surface area contributed by atoms with Gasteiger partial charge in [0.1, 0.15) is 5.75 Å². The molecule has 0 aromatic heterocycles. The minimum absolute atomic E-state index is 0.289. The Labute approximate surface area is 108 Å². The van der Waals surface area contributed by atoms with Crippen LogP contribution in [0.15, 0.2) is 18.2 Å². The Balaban J connectivity index is 1.75. The first-order valence-electron chi connectivity index (χ1n) is 6.97. The van der Waals surface area contributed by atoms with Crippen molar-refractivity contribution in [2.75, 3.05) is 6.61 Å². The summed E-state index contributed by atoms with van der Waals surface area (Å²) in [5.74, 6) is 0.841. The van der Waals surface area contributed by atoms with Crippen LogP contribution in [0.5, 0.6) is 5.75 Å². The summed E-state index contributed by atoms with van der Waals surface area (Å²) in [6.07, 6.45) is 5.52. The first kappa shape index (κ1) is 12.0. The maximum Gasteiger partial charge on any atom is 0.119 e. The van der Waals surface area contributed by atoms with Crippen molar-refractivity contribution < 1.29 is 10.2 Å². The van der Waals surface area contributed by atoms with E-state index in [-0.39, 0.29) is 6.61 Å². The van der Waals surface area contributed by atoms with Gasteiger partial charge in [-0.3, -0.25) is 0 Å². The Hall–Kier alpha value is -1.06. The summed E-state index contributed by atoms with van der Waals surface area (Å²) in [6.45, 7) is 0.289. The number of benzene rings is 1. The second-order valence-corrected chi connectivity index (χ2v) is 5.58. The summed E-state index contributed by atoms with van der Waals surface area (Å²) in [7, 11) is 0. The maximum absolute atomic E-state index is 9.84. The Kier molecular flexibility index (Phi) is 3.27. The van der Waals surface area contributed by atoms with Crippen LogP contribution < -0.4 is 5.32 Å². The highest BCUT2D eigenvalue weighted by Gasteiger charge is 2.31. The summed E-state index contributed by atoms with van der Waals surface area (Å²) in [6, 6.07) is 6.60. The minimum atomic E-state index is 0.289. The van der Waals surface area contributed by atoms with E-state index in [1.807, 2.05) is 6.07 Å². The molecule has 2 aliphatic carbocycles. The van der Waals surface area contributed by atoms with Crippen molar-refractivity contribution in [3.8, 4) is 5.75 Å². The molecular weight excluding hydrogens is 226 g/mol. The van der Waals surface area contributed by atoms with Gasteiger partial charge in [-0.05, 0) is 48.8 Å². The van der Waals surface area contributed by atoms with Gasteiger partial charge >= 0.3 is 0 Å². The van der Waals surface area contributed by atoms with Crippen LogP contribution in [-0.2, 0) is 6.42 Å². The first-order valence-corrected chi connectivity index (χ1v) is 6.97. The van der Waals surface area contributed by atoms with E-state index in [2.05, 4.69) is 11.4 Å². The predicted molar refractivity (Wildman–Crippen MR) is 70.5 cm³/mol. The summed E-state index contributed by atoms with van der Waals surface area (Å²) < 4.78 is 0. The highest BCUT2D eigenvalue weighted by molar-refractivity contribution is 5.44. The van der Waals surface area contributed by atoms with Gasteiger partial charge in [0.15, 0.2) is 0 Å². The number of phenolic OH excluding ortho intramolecular Hbond substituents is 1. The van der Waals surface area contributed by atoms with E-state index in [0.717, 1.165) is 31.2 Å². The van der Waals surface area contributed by atoms with Gasteiger partial charge in [0.2, 0.25) is 0 Å². The third-order valence-corrected chi connectivity index (χ3v) is 4.55. The van der Waals surface area contributed by atoms with E-state index in [0.29, 0.717) is 23.8 Å². The molecular formula is C15H21NO2. The van der Waals surface area contributed by atoms with E-state index in [1.165, 1.54) is 12.0 Å². The van der Waals surface area contributed by atoms with Crippen LogP contribution in [-0.4, -0.2) is 22.9 Å². The first-order chi connectivity index (χ1) is 8.79. The molecule has 3 atom stereocenters. The Bertz CT molecular complexity index is 433. The monoisotopic (exact) mass is 247 g/mol. The van der Waals surface area contributed by atoms with Crippen molar-refractivity contribution in [2.45, 2.75) is 44.2 Å². The molecule has 3 heteroatoms. The van der Waals surface area contributed by atoms with E-state index in [9.17, 15) is 10.2 Å². The zero-order valence-corrected chi connectivity index (χ0v) is 10.6. The second kappa shape index (κ2) is 4.90. The molecule has 0 aliphatic heterocycles. The van der Waals surface area contributed by atoms with E-state index < -0.39 is 0 Å². The fourth-order valence-corrected chi connectivity index (χ4v) is 3.54. The van der Waals surface area contributed by atoms with Crippen LogP contribution in [0.2, 0.25) is 0 Å².